The lowest BCUT2D eigenvalue weighted by molar-refractivity contribution is 0.0934. The first-order valence-corrected chi connectivity index (χ1v) is 5.52. The second-order valence-electron chi connectivity index (χ2n) is 3.79. The van der Waals surface area contributed by atoms with Crippen molar-refractivity contribution in [3.05, 3.63) is 41.7 Å². The van der Waals surface area contributed by atoms with Gasteiger partial charge < -0.3 is 10.1 Å². The van der Waals surface area contributed by atoms with Gasteiger partial charge in [0.15, 0.2) is 5.69 Å². The molecule has 0 fully saturated rings. The molecule has 0 aliphatic heterocycles. The van der Waals surface area contributed by atoms with Gasteiger partial charge in [-0.3, -0.25) is 4.79 Å². The molecule has 0 saturated heterocycles. The second kappa shape index (κ2) is 5.31. The molecule has 6 heteroatoms. The first kappa shape index (κ1) is 12.1. The van der Waals surface area contributed by atoms with Crippen LogP contribution in [-0.4, -0.2) is 28.4 Å². The lowest BCUT2D eigenvalue weighted by atomic mass is 10.1. The van der Waals surface area contributed by atoms with Gasteiger partial charge in [0, 0.05) is 5.56 Å². The van der Waals surface area contributed by atoms with Crippen LogP contribution in [0.15, 0.2) is 30.5 Å². The maximum absolute atomic E-state index is 11.8. The summed E-state index contributed by atoms with van der Waals surface area (Å²) in [7, 11) is 1.60. The average molecular weight is 246 g/mol. The molecular weight excluding hydrogens is 232 g/mol. The predicted molar refractivity (Wildman–Crippen MR) is 65.3 cm³/mol. The van der Waals surface area contributed by atoms with Crippen LogP contribution < -0.4 is 10.1 Å². The number of nitrogens with zero attached hydrogens (tertiary/aromatic N) is 2. The van der Waals surface area contributed by atoms with E-state index in [0.29, 0.717) is 0 Å². The van der Waals surface area contributed by atoms with Crippen LogP contribution in [0.4, 0.5) is 0 Å². The Labute approximate surface area is 104 Å². The van der Waals surface area contributed by atoms with Crippen molar-refractivity contribution in [3.8, 4) is 5.75 Å². The Morgan fingerprint density at radius 2 is 2.22 bits per heavy atom. The molecule has 2 aromatic rings. The van der Waals surface area contributed by atoms with Crippen molar-refractivity contribution in [1.82, 2.24) is 20.7 Å². The molecule has 0 aliphatic rings. The quantitative estimate of drug-likeness (QED) is 0.852. The van der Waals surface area contributed by atoms with Crippen molar-refractivity contribution in [2.24, 2.45) is 0 Å². The van der Waals surface area contributed by atoms with Gasteiger partial charge in [-0.1, -0.05) is 18.2 Å². The largest absolute Gasteiger partial charge is 0.496 e. The standard InChI is InChI=1S/C12H14N4O2/c1-8(9-5-3-4-6-11(9)18-2)14-12(17)10-7-13-16-15-10/h3-8H,1-2H3,(H,14,17)(H,13,15,16). The molecule has 0 aliphatic carbocycles. The number of carbonyl (C=O) groups is 1. The maximum atomic E-state index is 11.8. The monoisotopic (exact) mass is 246 g/mol. The van der Waals surface area contributed by atoms with E-state index in [9.17, 15) is 4.79 Å². The fourth-order valence-corrected chi connectivity index (χ4v) is 1.68. The van der Waals surface area contributed by atoms with Gasteiger partial charge in [0.05, 0.1) is 19.3 Å². The molecule has 1 aromatic heterocycles. The summed E-state index contributed by atoms with van der Waals surface area (Å²) in [4.78, 5) is 11.8. The zero-order chi connectivity index (χ0) is 13.0. The van der Waals surface area contributed by atoms with E-state index in [1.165, 1.54) is 6.20 Å². The van der Waals surface area contributed by atoms with Crippen molar-refractivity contribution >= 4 is 5.91 Å². The summed E-state index contributed by atoms with van der Waals surface area (Å²) in [5.74, 6) is 0.465. The number of aromatic nitrogens is 3. The third-order valence-electron chi connectivity index (χ3n) is 2.60. The van der Waals surface area contributed by atoms with E-state index in [0.717, 1.165) is 11.3 Å². The number of hydrogen-bond acceptors (Lipinski definition) is 4. The fraction of sp³-hybridized carbons (Fsp3) is 0.250. The van der Waals surface area contributed by atoms with Crippen molar-refractivity contribution in [3.63, 3.8) is 0 Å². The molecule has 2 N–H and O–H groups in total. The summed E-state index contributed by atoms with van der Waals surface area (Å²) in [5, 5.41) is 12.6. The minimum absolute atomic E-state index is 0.176. The number of H-pyrrole nitrogens is 1. The lowest BCUT2D eigenvalue weighted by Crippen LogP contribution is -2.27. The summed E-state index contributed by atoms with van der Waals surface area (Å²) in [5.41, 5.74) is 1.17. The summed E-state index contributed by atoms with van der Waals surface area (Å²) in [6, 6.07) is 7.37. The highest BCUT2D eigenvalue weighted by Crippen LogP contribution is 2.24. The highest BCUT2D eigenvalue weighted by molar-refractivity contribution is 5.92. The minimum atomic E-state index is -0.276. The van der Waals surface area contributed by atoms with Crippen LogP contribution in [0.2, 0.25) is 0 Å². The summed E-state index contributed by atoms with van der Waals surface area (Å²) in [6.45, 7) is 1.88. The number of para-hydroxylation sites is 1. The van der Waals surface area contributed by atoms with Gasteiger partial charge >= 0.3 is 0 Å². The summed E-state index contributed by atoms with van der Waals surface area (Å²) in [6.07, 6.45) is 1.38. The molecule has 18 heavy (non-hydrogen) atoms. The van der Waals surface area contributed by atoms with Crippen molar-refractivity contribution in [1.29, 1.82) is 0 Å². The number of ether oxygens (including phenoxy) is 1. The maximum Gasteiger partial charge on any atom is 0.273 e. The topological polar surface area (TPSA) is 79.9 Å². The molecule has 1 atom stereocenters. The van der Waals surface area contributed by atoms with E-state index in [2.05, 4.69) is 20.7 Å². The van der Waals surface area contributed by atoms with E-state index in [4.69, 9.17) is 4.74 Å². The van der Waals surface area contributed by atoms with E-state index in [-0.39, 0.29) is 17.6 Å². The number of nitrogens with one attached hydrogen (secondary N) is 2. The third-order valence-corrected chi connectivity index (χ3v) is 2.60. The SMILES string of the molecule is COc1ccccc1C(C)NC(=O)c1cn[nH]n1. The molecule has 1 aromatic carbocycles. The Bertz CT molecular complexity index is 525. The normalized spacial score (nSPS) is 11.9. The number of hydrogen-bond donors (Lipinski definition) is 2. The van der Waals surface area contributed by atoms with Crippen molar-refractivity contribution < 1.29 is 9.53 Å². The molecule has 6 nitrogen and oxygen atoms in total. The van der Waals surface area contributed by atoms with Gasteiger partial charge in [-0.15, -0.1) is 0 Å². The molecule has 0 radical (unpaired) electrons. The Hall–Kier alpha value is -2.37. The van der Waals surface area contributed by atoms with Gasteiger partial charge in [-0.2, -0.15) is 15.4 Å². The molecule has 0 saturated carbocycles. The molecule has 0 spiro atoms. The zero-order valence-corrected chi connectivity index (χ0v) is 10.2. The van der Waals surface area contributed by atoms with E-state index >= 15 is 0 Å². The van der Waals surface area contributed by atoms with E-state index in [1.807, 2.05) is 31.2 Å². The highest BCUT2D eigenvalue weighted by atomic mass is 16.5. The third kappa shape index (κ3) is 2.48. The fourth-order valence-electron chi connectivity index (χ4n) is 1.68. The number of rotatable bonds is 4. The molecule has 94 valence electrons. The average Bonchev–Trinajstić information content (AvgIpc) is 2.92. The number of methoxy groups -OCH3 is 1. The van der Waals surface area contributed by atoms with Crippen LogP contribution >= 0.6 is 0 Å². The van der Waals surface area contributed by atoms with Crippen LogP contribution in [0.1, 0.15) is 29.0 Å². The Morgan fingerprint density at radius 1 is 1.44 bits per heavy atom. The number of aromatic amines is 1. The van der Waals surface area contributed by atoms with E-state index in [1.54, 1.807) is 7.11 Å². The van der Waals surface area contributed by atoms with Gasteiger partial charge in [0.25, 0.3) is 5.91 Å². The molecule has 0 bridgehead atoms. The Balaban J connectivity index is 2.12. The Kier molecular flexibility index (Phi) is 3.57. The smallest absolute Gasteiger partial charge is 0.273 e. The van der Waals surface area contributed by atoms with Crippen LogP contribution in [0, 0.1) is 0 Å². The van der Waals surface area contributed by atoms with Gasteiger partial charge in [0.2, 0.25) is 0 Å². The number of carbonyl (C=O) groups excluding carboxylic acids is 1. The molecular formula is C12H14N4O2. The molecule has 1 amide bonds. The molecule has 2 rings (SSSR count). The first-order valence-electron chi connectivity index (χ1n) is 5.52. The van der Waals surface area contributed by atoms with Crippen LogP contribution in [0.3, 0.4) is 0 Å². The molecule has 1 heterocycles. The lowest BCUT2D eigenvalue weighted by Gasteiger charge is -2.16. The van der Waals surface area contributed by atoms with Crippen molar-refractivity contribution in [2.45, 2.75) is 13.0 Å². The van der Waals surface area contributed by atoms with Crippen LogP contribution in [-0.2, 0) is 0 Å². The minimum Gasteiger partial charge on any atom is -0.496 e. The predicted octanol–water partition coefficient (Wildman–Crippen LogP) is 1.30. The van der Waals surface area contributed by atoms with Gasteiger partial charge in [0.1, 0.15) is 5.75 Å². The second-order valence-corrected chi connectivity index (χ2v) is 3.79. The highest BCUT2D eigenvalue weighted by Gasteiger charge is 2.15. The van der Waals surface area contributed by atoms with Crippen molar-refractivity contribution in [2.75, 3.05) is 7.11 Å². The summed E-state index contributed by atoms with van der Waals surface area (Å²) >= 11 is 0. The first-order chi connectivity index (χ1) is 8.72. The number of amides is 1. The van der Waals surface area contributed by atoms with Gasteiger partial charge in [-0.05, 0) is 13.0 Å². The van der Waals surface area contributed by atoms with Crippen LogP contribution in [0.25, 0.3) is 0 Å². The Morgan fingerprint density at radius 3 is 2.89 bits per heavy atom. The summed E-state index contributed by atoms with van der Waals surface area (Å²) < 4.78 is 5.25. The van der Waals surface area contributed by atoms with E-state index < -0.39 is 0 Å². The number of benzene rings is 1. The van der Waals surface area contributed by atoms with Gasteiger partial charge in [-0.25, -0.2) is 0 Å². The molecule has 1 unspecified atom stereocenters. The van der Waals surface area contributed by atoms with Crippen LogP contribution in [0.5, 0.6) is 5.75 Å². The zero-order valence-electron chi connectivity index (χ0n) is 10.2.